The van der Waals surface area contributed by atoms with Gasteiger partial charge in [0.1, 0.15) is 23.6 Å². The molecule has 4 aliphatic rings. The summed E-state index contributed by atoms with van der Waals surface area (Å²) in [5.74, 6) is -25.2. The van der Waals surface area contributed by atoms with Gasteiger partial charge in [-0.3, -0.25) is 19.2 Å². The van der Waals surface area contributed by atoms with Crippen LogP contribution in [0.1, 0.15) is 55.4 Å². The number of halogens is 8. The van der Waals surface area contributed by atoms with Gasteiger partial charge in [0.15, 0.2) is 0 Å². The Morgan fingerprint density at radius 1 is 0.414 bits per heavy atom. The Labute approximate surface area is 352 Å². The van der Waals surface area contributed by atoms with Crippen molar-refractivity contribution in [3.05, 3.63) is 21.3 Å². The molecule has 0 bridgehead atoms. The Kier molecular flexibility index (Phi) is 22.1. The quantitative estimate of drug-likeness (QED) is 0.0871. The van der Waals surface area contributed by atoms with Crippen molar-refractivity contribution in [1.82, 2.24) is 0 Å². The molecule has 0 aliphatic carbocycles. The van der Waals surface area contributed by atoms with Gasteiger partial charge >= 0.3 is 39.0 Å². The molecule has 4 rings (SSSR count). The molecule has 4 atom stereocenters. The molecular weight excluding hydrogens is 990 g/mol. The fraction of sp³-hybridized carbons (Fsp3) is 0.750. The molecule has 0 N–H and O–H groups in total. The molecule has 4 aliphatic heterocycles. The summed E-state index contributed by atoms with van der Waals surface area (Å²) < 4.78 is 119. The van der Waals surface area contributed by atoms with Gasteiger partial charge < -0.3 is 59.4 Å². The third-order valence-electron chi connectivity index (χ3n) is 6.63. The van der Waals surface area contributed by atoms with Crippen LogP contribution < -0.4 is 0 Å². The van der Waals surface area contributed by atoms with Crippen molar-refractivity contribution in [2.45, 2.75) is 103 Å². The van der Waals surface area contributed by atoms with E-state index in [-0.39, 0.29) is 89.1 Å². The number of esters is 4. The van der Waals surface area contributed by atoms with Crippen LogP contribution in [0.15, 0.2) is 0 Å². The van der Waals surface area contributed by atoms with Crippen molar-refractivity contribution < 1.29 is 131 Å². The van der Waals surface area contributed by atoms with Crippen molar-refractivity contribution >= 4 is 47.5 Å². The molecule has 0 spiro atoms. The van der Waals surface area contributed by atoms with Gasteiger partial charge in [0.2, 0.25) is 0 Å². The molecule has 16 nitrogen and oxygen atoms in total. The van der Waals surface area contributed by atoms with Crippen LogP contribution in [0.2, 0.25) is 0 Å². The first kappa shape index (κ1) is 56.5. The van der Waals surface area contributed by atoms with Gasteiger partial charge in [-0.25, -0.2) is 35.1 Å². The largest absolute Gasteiger partial charge is 2.00 e. The number of hydrogen-bond acceptors (Lipinski definition) is 12. The van der Waals surface area contributed by atoms with E-state index >= 15 is 0 Å². The molecule has 4 heterocycles. The van der Waals surface area contributed by atoms with Crippen LogP contribution >= 0.6 is 0 Å². The Hall–Kier alpha value is -3.55. The van der Waals surface area contributed by atoms with Crippen molar-refractivity contribution in [3.8, 4) is 0 Å². The van der Waals surface area contributed by atoms with Crippen molar-refractivity contribution in [2.24, 2.45) is 23.7 Å². The van der Waals surface area contributed by atoms with Crippen LogP contribution in [0.3, 0.4) is 0 Å². The smallest absolute Gasteiger partial charge is 0.632 e. The third-order valence-corrected chi connectivity index (χ3v) is 6.63. The summed E-state index contributed by atoms with van der Waals surface area (Å²) >= 11 is 0. The second kappa shape index (κ2) is 22.7. The van der Waals surface area contributed by atoms with E-state index in [2.05, 4.69) is 40.2 Å². The van der Waals surface area contributed by atoms with E-state index in [9.17, 15) is 73.5 Å². The van der Waals surface area contributed by atoms with E-state index in [1.807, 2.05) is 0 Å². The average Bonchev–Trinajstić information content (AvgIpc) is 3.10. The minimum Gasteiger partial charge on any atom is -0.632 e. The maximum absolute atomic E-state index is 12.6. The average molecular weight is 1030 g/mol. The predicted octanol–water partition coefficient (Wildman–Crippen LogP) is 4.41. The maximum atomic E-state index is 12.6. The Morgan fingerprint density at radius 2 is 0.552 bits per heavy atom. The number of β-lactam (4-membered cyclic amide) rings is 4. The summed E-state index contributed by atoms with van der Waals surface area (Å²) in [4.78, 5) is 84.9. The van der Waals surface area contributed by atoms with Crippen LogP contribution in [0.4, 0.5) is 35.1 Å². The number of hydrogen-bond donors (Lipinski definition) is 0. The van der Waals surface area contributed by atoms with Gasteiger partial charge in [-0.05, 0) is 23.7 Å². The van der Waals surface area contributed by atoms with Crippen molar-refractivity contribution in [2.75, 3.05) is 26.4 Å². The van der Waals surface area contributed by atoms with Gasteiger partial charge in [0.25, 0.3) is 47.6 Å². The van der Waals surface area contributed by atoms with E-state index in [1.54, 1.807) is 55.4 Å². The van der Waals surface area contributed by atoms with Gasteiger partial charge in [-0.1, -0.05) is 55.4 Å². The van der Waals surface area contributed by atoms with Crippen molar-refractivity contribution in [1.29, 1.82) is 0 Å². The Morgan fingerprint density at radius 3 is 0.638 bits per heavy atom. The summed E-state index contributed by atoms with van der Waals surface area (Å²) in [5.41, 5.74) is 0. The predicted molar refractivity (Wildman–Crippen MR) is 172 cm³/mol. The second-order valence-corrected chi connectivity index (χ2v) is 13.9. The normalized spacial score (nSPS) is 23.2. The fourth-order valence-electron chi connectivity index (χ4n) is 3.45. The molecule has 4 fully saturated rings. The monoisotopic (exact) mass is 1030 g/mol. The van der Waals surface area contributed by atoms with Crippen LogP contribution in [-0.4, -0.2) is 122 Å². The number of rotatable bonds is 12. The number of carbonyl (C=O) groups excluding carboxylic acids is 8. The SMILES string of the molecule is CC(C)COC(=O)[C@@H]1[N-]C(=O)C1(F)F.CC(C)COC(=O)[C@@H]1[N-]C(=O)C1(F)F.CC(C)COC(=O)[C@@H]1[N-]C(=O)C1(F)F.CC(C)COC(=O)[C@@H]1[N-]C(=O)C1(F)F.[Rh+2].[Rh+2]. The molecule has 0 aromatic carbocycles. The summed E-state index contributed by atoms with van der Waals surface area (Å²) in [6, 6.07) is -7.75. The minimum absolute atomic E-state index is 0. The van der Waals surface area contributed by atoms with E-state index in [0.717, 1.165) is 0 Å². The molecule has 2 radical (unpaired) electrons. The van der Waals surface area contributed by atoms with Gasteiger partial charge in [-0.2, -0.15) is 0 Å². The Bertz CT molecular complexity index is 1290. The summed E-state index contributed by atoms with van der Waals surface area (Å²) in [6.45, 7) is 14.4. The molecule has 4 amide bonds. The van der Waals surface area contributed by atoms with E-state index < -0.39 is 95.4 Å². The molecule has 0 aromatic heterocycles. The summed E-state index contributed by atoms with van der Waals surface area (Å²) in [6.07, 6.45) is 0. The zero-order valence-electron chi connectivity index (χ0n) is 31.8. The number of alkyl halides is 8. The number of amides is 4. The number of ether oxygens (including phenoxy) is 4. The van der Waals surface area contributed by atoms with E-state index in [1.165, 1.54) is 0 Å². The second-order valence-electron chi connectivity index (χ2n) is 13.9. The van der Waals surface area contributed by atoms with Crippen LogP contribution in [0, 0.1) is 23.7 Å². The van der Waals surface area contributed by atoms with Gasteiger partial charge in [-0.15, -0.1) is 0 Å². The first-order chi connectivity index (χ1) is 25.4. The van der Waals surface area contributed by atoms with Gasteiger partial charge in [0.05, 0.1) is 50.6 Å². The van der Waals surface area contributed by atoms with Crippen LogP contribution in [0.5, 0.6) is 0 Å². The fourth-order valence-corrected chi connectivity index (χ4v) is 3.45. The summed E-state index contributed by atoms with van der Waals surface area (Å²) in [7, 11) is 0. The first-order valence-corrected chi connectivity index (χ1v) is 16.6. The van der Waals surface area contributed by atoms with Gasteiger partial charge in [0, 0.05) is 0 Å². The molecular formula is C32H40F8N4O12Rh2. The zero-order chi connectivity index (χ0) is 43.7. The Balaban J connectivity index is 0. The summed E-state index contributed by atoms with van der Waals surface area (Å²) in [5, 5.41) is 11.6. The van der Waals surface area contributed by atoms with E-state index in [4.69, 9.17) is 0 Å². The molecule has 0 aromatic rings. The number of nitrogens with zero attached hydrogens (tertiary/aromatic N) is 4. The van der Waals surface area contributed by atoms with Crippen LogP contribution in [-0.2, 0) is 96.3 Å². The molecule has 0 saturated carbocycles. The third kappa shape index (κ3) is 14.9. The first-order valence-electron chi connectivity index (χ1n) is 16.6. The van der Waals surface area contributed by atoms with E-state index in [0.29, 0.717) is 0 Å². The molecule has 58 heavy (non-hydrogen) atoms. The minimum atomic E-state index is -3.67. The molecule has 0 unspecified atom stereocenters. The molecule has 26 heteroatoms. The molecule has 4 saturated heterocycles. The molecule has 334 valence electrons. The number of carbonyl (C=O) groups is 8. The topological polar surface area (TPSA) is 230 Å². The van der Waals surface area contributed by atoms with Crippen molar-refractivity contribution in [3.63, 3.8) is 0 Å². The zero-order valence-corrected chi connectivity index (χ0v) is 35.1. The maximum Gasteiger partial charge on any atom is 2.00 e. The van der Waals surface area contributed by atoms with Crippen LogP contribution in [0.25, 0.3) is 21.3 Å². The standard InChI is InChI=1S/4C8H11F2NO3.2Rh/c4*1-4(2)3-14-6(12)5-8(9,10)7(13)11-5;;/h4*4-5H,3H2,1-2H3,(H,11,13);;/q;;;;2*+2/p-4/t4*5-;;/m0000../s1.